The lowest BCUT2D eigenvalue weighted by atomic mass is 10.0. The average Bonchev–Trinajstić information content (AvgIpc) is 2.25. The molecule has 70 valence electrons. The highest BCUT2D eigenvalue weighted by Crippen LogP contribution is 2.16. The lowest BCUT2D eigenvalue weighted by Crippen LogP contribution is -2.27. The third-order valence-electron chi connectivity index (χ3n) is 2.58. The van der Waals surface area contributed by atoms with Crippen LogP contribution < -0.4 is 5.32 Å². The quantitative estimate of drug-likeness (QED) is 0.641. The molecule has 0 radical (unpaired) electrons. The van der Waals surface area contributed by atoms with Crippen LogP contribution in [0.1, 0.15) is 18.1 Å². The summed E-state index contributed by atoms with van der Waals surface area (Å²) in [6, 6.07) is 5.63. The van der Waals surface area contributed by atoms with Crippen LogP contribution in [-0.4, -0.2) is 12.6 Å². The first kappa shape index (κ1) is 8.70. The Morgan fingerprint density at radius 3 is 3.08 bits per heavy atom. The van der Waals surface area contributed by atoms with Crippen molar-refractivity contribution in [2.75, 3.05) is 6.54 Å². The summed E-state index contributed by atoms with van der Waals surface area (Å²) in [4.78, 5) is 0. The van der Waals surface area contributed by atoms with Crippen LogP contribution in [0, 0.1) is 5.82 Å². The van der Waals surface area contributed by atoms with Crippen molar-refractivity contribution in [1.82, 2.24) is 5.32 Å². The summed E-state index contributed by atoms with van der Waals surface area (Å²) in [5.41, 5.74) is 2.45. The van der Waals surface area contributed by atoms with Gasteiger partial charge in [0.25, 0.3) is 0 Å². The molecule has 0 aromatic heterocycles. The Labute approximate surface area is 78.0 Å². The molecule has 1 aliphatic rings. The van der Waals surface area contributed by atoms with E-state index in [1.807, 2.05) is 6.07 Å². The van der Waals surface area contributed by atoms with Crippen molar-refractivity contribution >= 4 is 0 Å². The number of hydrogen-bond acceptors (Lipinski definition) is 1. The molecular formula is C11H14FN. The van der Waals surface area contributed by atoms with Gasteiger partial charge in [0, 0.05) is 6.04 Å². The van der Waals surface area contributed by atoms with Crippen LogP contribution in [0.15, 0.2) is 18.2 Å². The van der Waals surface area contributed by atoms with Gasteiger partial charge in [-0.1, -0.05) is 6.07 Å². The van der Waals surface area contributed by atoms with Crippen molar-refractivity contribution in [3.63, 3.8) is 0 Å². The van der Waals surface area contributed by atoms with Gasteiger partial charge >= 0.3 is 0 Å². The highest BCUT2D eigenvalue weighted by Gasteiger charge is 2.12. The van der Waals surface area contributed by atoms with Crippen molar-refractivity contribution in [3.05, 3.63) is 35.1 Å². The minimum absolute atomic E-state index is 0.117. The SMILES string of the molecule is CC1Cc2ccc(F)cc2CCN1. The average molecular weight is 179 g/mol. The van der Waals surface area contributed by atoms with Crippen molar-refractivity contribution in [3.8, 4) is 0 Å². The molecule has 1 aromatic carbocycles. The van der Waals surface area contributed by atoms with E-state index >= 15 is 0 Å². The molecule has 0 saturated heterocycles. The third kappa shape index (κ3) is 1.89. The van der Waals surface area contributed by atoms with Gasteiger partial charge in [0.2, 0.25) is 0 Å². The molecule has 0 aliphatic carbocycles. The summed E-state index contributed by atoms with van der Waals surface area (Å²) in [5, 5.41) is 3.39. The largest absolute Gasteiger partial charge is 0.314 e. The van der Waals surface area contributed by atoms with Gasteiger partial charge in [-0.2, -0.15) is 0 Å². The molecule has 0 fully saturated rings. The predicted octanol–water partition coefficient (Wildman–Crippen LogP) is 1.90. The molecule has 0 amide bonds. The number of hydrogen-bond donors (Lipinski definition) is 1. The van der Waals surface area contributed by atoms with Gasteiger partial charge in [0.1, 0.15) is 5.82 Å². The zero-order valence-electron chi connectivity index (χ0n) is 7.81. The van der Waals surface area contributed by atoms with E-state index in [2.05, 4.69) is 12.2 Å². The Morgan fingerprint density at radius 1 is 1.38 bits per heavy atom. The monoisotopic (exact) mass is 179 g/mol. The van der Waals surface area contributed by atoms with E-state index in [0.29, 0.717) is 6.04 Å². The van der Waals surface area contributed by atoms with Crippen LogP contribution in [0.4, 0.5) is 4.39 Å². The van der Waals surface area contributed by atoms with Crippen LogP contribution in [-0.2, 0) is 12.8 Å². The molecule has 1 atom stereocenters. The third-order valence-corrected chi connectivity index (χ3v) is 2.58. The Hall–Kier alpha value is -0.890. The minimum Gasteiger partial charge on any atom is -0.314 e. The summed E-state index contributed by atoms with van der Waals surface area (Å²) >= 11 is 0. The smallest absolute Gasteiger partial charge is 0.123 e. The number of halogens is 1. The minimum atomic E-state index is -0.117. The molecule has 1 unspecified atom stereocenters. The van der Waals surface area contributed by atoms with Gasteiger partial charge in [-0.15, -0.1) is 0 Å². The first-order valence-electron chi connectivity index (χ1n) is 4.76. The van der Waals surface area contributed by atoms with E-state index in [1.54, 1.807) is 12.1 Å². The topological polar surface area (TPSA) is 12.0 Å². The Bertz CT molecular complexity index is 309. The standard InChI is InChI=1S/C11H14FN/c1-8-6-9-2-3-11(12)7-10(9)4-5-13-8/h2-3,7-8,13H,4-6H2,1H3. The maximum absolute atomic E-state index is 12.9. The molecule has 2 rings (SSSR count). The Kier molecular flexibility index (Phi) is 2.32. The van der Waals surface area contributed by atoms with Crippen molar-refractivity contribution in [2.45, 2.75) is 25.8 Å². The van der Waals surface area contributed by atoms with Gasteiger partial charge in [0.15, 0.2) is 0 Å². The fourth-order valence-electron chi connectivity index (χ4n) is 1.88. The molecule has 0 spiro atoms. The van der Waals surface area contributed by atoms with Crippen LogP contribution in [0.5, 0.6) is 0 Å². The molecule has 1 heterocycles. The van der Waals surface area contributed by atoms with E-state index in [9.17, 15) is 4.39 Å². The fraction of sp³-hybridized carbons (Fsp3) is 0.455. The lowest BCUT2D eigenvalue weighted by Gasteiger charge is -2.08. The summed E-state index contributed by atoms with van der Waals surface area (Å²) < 4.78 is 12.9. The van der Waals surface area contributed by atoms with Gasteiger partial charge in [-0.05, 0) is 49.6 Å². The molecule has 2 heteroatoms. The van der Waals surface area contributed by atoms with Crippen LogP contribution in [0.3, 0.4) is 0 Å². The van der Waals surface area contributed by atoms with Crippen LogP contribution in [0.25, 0.3) is 0 Å². The maximum atomic E-state index is 12.9. The Morgan fingerprint density at radius 2 is 2.23 bits per heavy atom. The summed E-state index contributed by atoms with van der Waals surface area (Å²) in [7, 11) is 0. The van der Waals surface area contributed by atoms with E-state index in [4.69, 9.17) is 0 Å². The molecule has 1 N–H and O–H groups in total. The van der Waals surface area contributed by atoms with Gasteiger partial charge in [-0.3, -0.25) is 0 Å². The number of nitrogens with one attached hydrogen (secondary N) is 1. The second-order valence-corrected chi connectivity index (χ2v) is 3.72. The highest BCUT2D eigenvalue weighted by atomic mass is 19.1. The summed E-state index contributed by atoms with van der Waals surface area (Å²) in [6.07, 6.45) is 1.95. The molecular weight excluding hydrogens is 165 g/mol. The normalized spacial score (nSPS) is 22.2. The highest BCUT2D eigenvalue weighted by molar-refractivity contribution is 5.29. The molecule has 1 aliphatic heterocycles. The Balaban J connectivity index is 2.34. The molecule has 13 heavy (non-hydrogen) atoms. The van der Waals surface area contributed by atoms with Gasteiger partial charge in [-0.25, -0.2) is 4.39 Å². The predicted molar refractivity (Wildman–Crippen MR) is 51.3 cm³/mol. The first-order valence-corrected chi connectivity index (χ1v) is 4.76. The van der Waals surface area contributed by atoms with Crippen molar-refractivity contribution in [2.24, 2.45) is 0 Å². The zero-order chi connectivity index (χ0) is 9.26. The number of fused-ring (bicyclic) bond motifs is 1. The van der Waals surface area contributed by atoms with Crippen LogP contribution >= 0.6 is 0 Å². The maximum Gasteiger partial charge on any atom is 0.123 e. The van der Waals surface area contributed by atoms with E-state index in [1.165, 1.54) is 5.56 Å². The molecule has 0 bridgehead atoms. The zero-order valence-corrected chi connectivity index (χ0v) is 7.81. The molecule has 0 saturated carbocycles. The van der Waals surface area contributed by atoms with Crippen molar-refractivity contribution < 1.29 is 4.39 Å². The van der Waals surface area contributed by atoms with Gasteiger partial charge in [0.05, 0.1) is 0 Å². The van der Waals surface area contributed by atoms with Gasteiger partial charge < -0.3 is 5.32 Å². The second kappa shape index (κ2) is 3.46. The van der Waals surface area contributed by atoms with E-state index in [-0.39, 0.29) is 5.82 Å². The summed E-state index contributed by atoms with van der Waals surface area (Å²) in [5.74, 6) is -0.117. The molecule has 1 aromatic rings. The van der Waals surface area contributed by atoms with E-state index in [0.717, 1.165) is 24.9 Å². The summed E-state index contributed by atoms with van der Waals surface area (Å²) in [6.45, 7) is 3.12. The molecule has 1 nitrogen and oxygen atoms in total. The number of rotatable bonds is 0. The number of benzene rings is 1. The fourth-order valence-corrected chi connectivity index (χ4v) is 1.88. The second-order valence-electron chi connectivity index (χ2n) is 3.72. The van der Waals surface area contributed by atoms with Crippen molar-refractivity contribution in [1.29, 1.82) is 0 Å². The first-order chi connectivity index (χ1) is 6.25. The van der Waals surface area contributed by atoms with E-state index < -0.39 is 0 Å². The van der Waals surface area contributed by atoms with Crippen LogP contribution in [0.2, 0.25) is 0 Å². The lowest BCUT2D eigenvalue weighted by molar-refractivity contribution is 0.568.